The molecule has 0 aromatic heterocycles. The minimum Gasteiger partial charge on any atom is -0.493 e. The van der Waals surface area contributed by atoms with Gasteiger partial charge < -0.3 is 15.2 Å². The Morgan fingerprint density at radius 2 is 1.71 bits per heavy atom. The molecule has 0 unspecified atom stereocenters. The van der Waals surface area contributed by atoms with E-state index in [0.717, 1.165) is 33.2 Å². The Bertz CT molecular complexity index is 618. The van der Waals surface area contributed by atoms with Crippen molar-refractivity contribution in [2.75, 3.05) is 12.3 Å². The van der Waals surface area contributed by atoms with E-state index in [4.69, 9.17) is 26.8 Å². The second kappa shape index (κ2) is 6.72. The van der Waals surface area contributed by atoms with Crippen LogP contribution in [-0.2, 0) is 6.61 Å². The van der Waals surface area contributed by atoms with Gasteiger partial charge in [0.05, 0.1) is 6.61 Å². The molecular weight excluding hydrogens is 286 g/mol. The lowest BCUT2D eigenvalue weighted by Gasteiger charge is -2.15. The smallest absolute Gasteiger partial charge is 0.126 e. The Morgan fingerprint density at radius 1 is 1.05 bits per heavy atom. The maximum Gasteiger partial charge on any atom is 0.126 e. The first-order chi connectivity index (χ1) is 10.0. The number of anilines is 1. The van der Waals surface area contributed by atoms with Crippen LogP contribution in [-0.4, -0.2) is 6.61 Å². The summed E-state index contributed by atoms with van der Waals surface area (Å²) < 4.78 is 11.6. The van der Waals surface area contributed by atoms with Crippen molar-refractivity contribution in [2.24, 2.45) is 0 Å². The maximum atomic E-state index is 6.03. The average Bonchev–Trinajstić information content (AvgIpc) is 2.40. The van der Waals surface area contributed by atoms with E-state index >= 15 is 0 Å². The van der Waals surface area contributed by atoms with Gasteiger partial charge in [-0.1, -0.05) is 11.6 Å². The minimum atomic E-state index is 0.406. The first-order valence-electron chi connectivity index (χ1n) is 6.92. The molecule has 0 fully saturated rings. The van der Waals surface area contributed by atoms with Gasteiger partial charge in [-0.15, -0.1) is 0 Å². The first kappa shape index (κ1) is 15.5. The summed E-state index contributed by atoms with van der Waals surface area (Å²) in [5.41, 5.74) is 9.51. The summed E-state index contributed by atoms with van der Waals surface area (Å²) in [7, 11) is 0. The molecule has 0 heterocycles. The topological polar surface area (TPSA) is 44.5 Å². The number of benzene rings is 2. The normalized spacial score (nSPS) is 10.5. The quantitative estimate of drug-likeness (QED) is 0.826. The van der Waals surface area contributed by atoms with Crippen molar-refractivity contribution in [3.8, 4) is 11.5 Å². The molecule has 112 valence electrons. The Morgan fingerprint density at radius 3 is 2.33 bits per heavy atom. The molecule has 21 heavy (non-hydrogen) atoms. The third-order valence-electron chi connectivity index (χ3n) is 3.18. The van der Waals surface area contributed by atoms with Crippen molar-refractivity contribution in [1.29, 1.82) is 0 Å². The van der Waals surface area contributed by atoms with Crippen molar-refractivity contribution in [3.63, 3.8) is 0 Å². The highest BCUT2D eigenvalue weighted by Crippen LogP contribution is 2.29. The van der Waals surface area contributed by atoms with E-state index in [1.54, 1.807) is 0 Å². The molecule has 0 aliphatic heterocycles. The fourth-order valence-electron chi connectivity index (χ4n) is 2.28. The SMILES string of the molecule is CCOc1ccc(N)cc1COc1c(C)cc(Cl)cc1C. The standard InChI is InChI=1S/C17H20ClNO2/c1-4-20-16-6-5-15(19)9-13(16)10-21-17-11(2)7-14(18)8-12(17)3/h5-9H,4,10,19H2,1-3H3. The fraction of sp³-hybridized carbons (Fsp3) is 0.294. The molecule has 0 saturated heterocycles. The molecule has 4 heteroatoms. The largest absolute Gasteiger partial charge is 0.493 e. The number of ether oxygens (including phenoxy) is 2. The summed E-state index contributed by atoms with van der Waals surface area (Å²) >= 11 is 6.03. The number of rotatable bonds is 5. The molecule has 0 atom stereocenters. The van der Waals surface area contributed by atoms with Crippen molar-refractivity contribution in [2.45, 2.75) is 27.4 Å². The second-order valence-electron chi connectivity index (χ2n) is 4.96. The highest BCUT2D eigenvalue weighted by Gasteiger charge is 2.09. The molecular formula is C17H20ClNO2. The van der Waals surface area contributed by atoms with Gasteiger partial charge in [0.2, 0.25) is 0 Å². The van der Waals surface area contributed by atoms with Crippen LogP contribution >= 0.6 is 11.6 Å². The predicted octanol–water partition coefficient (Wildman–Crippen LogP) is 4.52. The third kappa shape index (κ3) is 3.82. The van der Waals surface area contributed by atoms with Crippen molar-refractivity contribution in [3.05, 3.63) is 52.0 Å². The summed E-state index contributed by atoms with van der Waals surface area (Å²) in [6.07, 6.45) is 0. The van der Waals surface area contributed by atoms with E-state index in [1.165, 1.54) is 0 Å². The first-order valence-corrected chi connectivity index (χ1v) is 7.29. The van der Waals surface area contributed by atoms with Crippen molar-refractivity contribution < 1.29 is 9.47 Å². The zero-order valence-electron chi connectivity index (χ0n) is 12.6. The monoisotopic (exact) mass is 305 g/mol. The van der Waals surface area contributed by atoms with E-state index in [-0.39, 0.29) is 0 Å². The number of halogens is 1. The molecule has 0 saturated carbocycles. The highest BCUT2D eigenvalue weighted by atomic mass is 35.5. The van der Waals surface area contributed by atoms with Gasteiger partial charge in [0.25, 0.3) is 0 Å². The molecule has 3 nitrogen and oxygen atoms in total. The second-order valence-corrected chi connectivity index (χ2v) is 5.39. The Balaban J connectivity index is 2.22. The Labute approximate surface area is 130 Å². The lowest BCUT2D eigenvalue weighted by atomic mass is 10.1. The highest BCUT2D eigenvalue weighted by molar-refractivity contribution is 6.30. The van der Waals surface area contributed by atoms with Crippen LogP contribution in [0.5, 0.6) is 11.5 Å². The summed E-state index contributed by atoms with van der Waals surface area (Å²) in [4.78, 5) is 0. The van der Waals surface area contributed by atoms with E-state index in [2.05, 4.69) is 0 Å². The van der Waals surface area contributed by atoms with Crippen LogP contribution in [0.4, 0.5) is 5.69 Å². The molecule has 2 aromatic rings. The van der Waals surface area contributed by atoms with Gasteiger partial charge in [-0.25, -0.2) is 0 Å². The van der Waals surface area contributed by atoms with Crippen LogP contribution in [0.2, 0.25) is 5.02 Å². The zero-order valence-corrected chi connectivity index (χ0v) is 13.3. The van der Waals surface area contributed by atoms with Gasteiger partial charge in [-0.3, -0.25) is 0 Å². The van der Waals surface area contributed by atoms with Crippen molar-refractivity contribution >= 4 is 17.3 Å². The lowest BCUT2D eigenvalue weighted by molar-refractivity contribution is 0.283. The maximum absolute atomic E-state index is 6.03. The van der Waals surface area contributed by atoms with Gasteiger partial charge in [0.1, 0.15) is 18.1 Å². The van der Waals surface area contributed by atoms with E-state index in [1.807, 2.05) is 51.1 Å². The fourth-order valence-corrected chi connectivity index (χ4v) is 2.61. The lowest BCUT2D eigenvalue weighted by Crippen LogP contribution is -2.03. The van der Waals surface area contributed by atoms with E-state index < -0.39 is 0 Å². The number of nitrogens with two attached hydrogens (primary N) is 1. The molecule has 0 bridgehead atoms. The summed E-state index contributed by atoms with van der Waals surface area (Å²) in [6.45, 7) is 6.93. The third-order valence-corrected chi connectivity index (χ3v) is 3.40. The number of hydrogen-bond acceptors (Lipinski definition) is 3. The average molecular weight is 306 g/mol. The van der Waals surface area contributed by atoms with Crippen LogP contribution in [0.1, 0.15) is 23.6 Å². The van der Waals surface area contributed by atoms with Gasteiger partial charge in [-0.2, -0.15) is 0 Å². The zero-order chi connectivity index (χ0) is 15.4. The molecule has 0 aliphatic carbocycles. The molecule has 0 radical (unpaired) electrons. The number of nitrogen functional groups attached to an aromatic ring is 1. The Hall–Kier alpha value is -1.87. The van der Waals surface area contributed by atoms with Crippen LogP contribution in [0.25, 0.3) is 0 Å². The molecule has 0 aliphatic rings. The van der Waals surface area contributed by atoms with Crippen LogP contribution in [0.15, 0.2) is 30.3 Å². The van der Waals surface area contributed by atoms with E-state index in [0.29, 0.717) is 18.9 Å². The van der Waals surface area contributed by atoms with Gasteiger partial charge >= 0.3 is 0 Å². The van der Waals surface area contributed by atoms with E-state index in [9.17, 15) is 0 Å². The van der Waals surface area contributed by atoms with Gasteiger partial charge in [0.15, 0.2) is 0 Å². The van der Waals surface area contributed by atoms with Gasteiger partial charge in [-0.05, 0) is 62.2 Å². The summed E-state index contributed by atoms with van der Waals surface area (Å²) in [5, 5.41) is 0.719. The number of hydrogen-bond donors (Lipinski definition) is 1. The van der Waals surface area contributed by atoms with Crippen LogP contribution in [0.3, 0.4) is 0 Å². The summed E-state index contributed by atoms with van der Waals surface area (Å²) in [6, 6.07) is 9.37. The minimum absolute atomic E-state index is 0.406. The van der Waals surface area contributed by atoms with Crippen LogP contribution < -0.4 is 15.2 Å². The van der Waals surface area contributed by atoms with Crippen molar-refractivity contribution in [1.82, 2.24) is 0 Å². The molecule has 2 N–H and O–H groups in total. The molecule has 2 aromatic carbocycles. The predicted molar refractivity (Wildman–Crippen MR) is 87.3 cm³/mol. The number of aryl methyl sites for hydroxylation is 2. The van der Waals surface area contributed by atoms with Gasteiger partial charge in [0, 0.05) is 16.3 Å². The Kier molecular flexibility index (Phi) is 4.97. The molecule has 2 rings (SSSR count). The molecule has 0 amide bonds. The van der Waals surface area contributed by atoms with Crippen LogP contribution in [0, 0.1) is 13.8 Å². The summed E-state index contributed by atoms with van der Waals surface area (Å²) in [5.74, 6) is 1.65. The molecule has 0 spiro atoms.